The molecule has 1 aliphatic heterocycles. The Bertz CT molecular complexity index is 1400. The SMILES string of the molecule is Cc1ccc(C[C@H](NC(=O)[C@H](CCCCN)CC(=O)[C@@H]2CCCN2C(=O)Cc2cccc3ccccc23)C(N)=O)cc1. The van der Waals surface area contributed by atoms with Crippen molar-refractivity contribution in [3.05, 3.63) is 83.4 Å². The number of Topliss-reactive ketones (excluding diaryl/α,β-unsaturated/α-hetero) is 1. The zero-order valence-electron chi connectivity index (χ0n) is 24.4. The summed E-state index contributed by atoms with van der Waals surface area (Å²) in [6, 6.07) is 20.1. The Balaban J connectivity index is 1.44. The van der Waals surface area contributed by atoms with Crippen molar-refractivity contribution in [2.75, 3.05) is 13.1 Å². The van der Waals surface area contributed by atoms with Crippen molar-refractivity contribution in [1.82, 2.24) is 10.2 Å². The van der Waals surface area contributed by atoms with Gasteiger partial charge in [0.25, 0.3) is 0 Å². The van der Waals surface area contributed by atoms with Crippen LogP contribution in [0.4, 0.5) is 0 Å². The molecule has 222 valence electrons. The molecule has 0 saturated carbocycles. The number of nitrogens with one attached hydrogen (secondary N) is 1. The van der Waals surface area contributed by atoms with Crippen LogP contribution in [0.15, 0.2) is 66.7 Å². The smallest absolute Gasteiger partial charge is 0.240 e. The van der Waals surface area contributed by atoms with E-state index >= 15 is 0 Å². The minimum Gasteiger partial charge on any atom is -0.368 e. The van der Waals surface area contributed by atoms with Crippen LogP contribution in [-0.2, 0) is 32.0 Å². The maximum absolute atomic E-state index is 13.6. The number of unbranched alkanes of at least 4 members (excludes halogenated alkanes) is 1. The van der Waals surface area contributed by atoms with E-state index in [2.05, 4.69) is 5.32 Å². The zero-order chi connectivity index (χ0) is 30.1. The van der Waals surface area contributed by atoms with Crippen LogP contribution in [-0.4, -0.2) is 53.6 Å². The number of hydrogen-bond acceptors (Lipinski definition) is 5. The Morgan fingerprint density at radius 1 is 0.976 bits per heavy atom. The van der Waals surface area contributed by atoms with Gasteiger partial charge in [-0.15, -0.1) is 0 Å². The molecule has 5 N–H and O–H groups in total. The van der Waals surface area contributed by atoms with E-state index in [1.807, 2.05) is 73.7 Å². The number of aryl methyl sites for hydroxylation is 1. The summed E-state index contributed by atoms with van der Waals surface area (Å²) in [6.07, 6.45) is 3.65. The lowest BCUT2D eigenvalue weighted by Crippen LogP contribution is -2.49. The number of rotatable bonds is 14. The van der Waals surface area contributed by atoms with Crippen LogP contribution >= 0.6 is 0 Å². The number of benzene rings is 3. The molecule has 0 unspecified atom stereocenters. The number of amides is 3. The number of likely N-dealkylation sites (tertiary alicyclic amines) is 1. The first kappa shape index (κ1) is 30.9. The van der Waals surface area contributed by atoms with Crippen molar-refractivity contribution in [2.45, 2.75) is 70.4 Å². The van der Waals surface area contributed by atoms with E-state index in [-0.39, 0.29) is 36.9 Å². The van der Waals surface area contributed by atoms with Gasteiger partial charge in [0.05, 0.1) is 12.5 Å². The van der Waals surface area contributed by atoms with E-state index in [0.29, 0.717) is 32.4 Å². The molecule has 3 aromatic carbocycles. The Morgan fingerprint density at radius 2 is 1.71 bits per heavy atom. The third kappa shape index (κ3) is 8.03. The van der Waals surface area contributed by atoms with Gasteiger partial charge in [-0.05, 0) is 61.1 Å². The van der Waals surface area contributed by atoms with Gasteiger partial charge in [0, 0.05) is 25.3 Å². The molecule has 8 nitrogen and oxygen atoms in total. The number of nitrogens with zero attached hydrogens (tertiary/aromatic N) is 1. The highest BCUT2D eigenvalue weighted by Gasteiger charge is 2.36. The van der Waals surface area contributed by atoms with Crippen molar-refractivity contribution < 1.29 is 19.2 Å². The molecular formula is C34H42N4O4. The van der Waals surface area contributed by atoms with Gasteiger partial charge in [-0.25, -0.2) is 0 Å². The molecule has 0 spiro atoms. The molecular weight excluding hydrogens is 528 g/mol. The Morgan fingerprint density at radius 3 is 2.45 bits per heavy atom. The van der Waals surface area contributed by atoms with Gasteiger partial charge in [0.2, 0.25) is 17.7 Å². The molecule has 1 heterocycles. The fourth-order valence-corrected chi connectivity index (χ4v) is 5.82. The molecule has 3 aromatic rings. The lowest BCUT2D eigenvalue weighted by molar-refractivity contribution is -0.138. The maximum Gasteiger partial charge on any atom is 0.240 e. The summed E-state index contributed by atoms with van der Waals surface area (Å²) in [6.45, 7) is 2.98. The lowest BCUT2D eigenvalue weighted by Gasteiger charge is -2.26. The molecule has 3 atom stereocenters. The van der Waals surface area contributed by atoms with Crippen molar-refractivity contribution in [2.24, 2.45) is 17.4 Å². The van der Waals surface area contributed by atoms with Crippen molar-refractivity contribution >= 4 is 34.3 Å². The maximum atomic E-state index is 13.6. The number of nitrogens with two attached hydrogens (primary N) is 2. The van der Waals surface area contributed by atoms with Crippen molar-refractivity contribution in [1.29, 1.82) is 0 Å². The van der Waals surface area contributed by atoms with E-state index in [9.17, 15) is 19.2 Å². The molecule has 8 heteroatoms. The molecule has 1 aliphatic rings. The van der Waals surface area contributed by atoms with E-state index in [0.717, 1.165) is 40.3 Å². The second-order valence-electron chi connectivity index (χ2n) is 11.4. The molecule has 4 rings (SSSR count). The van der Waals surface area contributed by atoms with Crippen LogP contribution in [0.3, 0.4) is 0 Å². The predicted molar refractivity (Wildman–Crippen MR) is 164 cm³/mol. The third-order valence-electron chi connectivity index (χ3n) is 8.21. The number of primary amides is 1. The summed E-state index contributed by atoms with van der Waals surface area (Å²) in [5.41, 5.74) is 14.2. The summed E-state index contributed by atoms with van der Waals surface area (Å²) in [4.78, 5) is 54.5. The van der Waals surface area contributed by atoms with Gasteiger partial charge in [-0.1, -0.05) is 78.7 Å². The second kappa shape index (κ2) is 14.7. The topological polar surface area (TPSA) is 136 Å². The summed E-state index contributed by atoms with van der Waals surface area (Å²) >= 11 is 0. The van der Waals surface area contributed by atoms with Crippen molar-refractivity contribution in [3.8, 4) is 0 Å². The van der Waals surface area contributed by atoms with Gasteiger partial charge in [-0.3, -0.25) is 19.2 Å². The van der Waals surface area contributed by atoms with Gasteiger partial charge >= 0.3 is 0 Å². The van der Waals surface area contributed by atoms with Gasteiger partial charge in [0.15, 0.2) is 5.78 Å². The molecule has 42 heavy (non-hydrogen) atoms. The number of fused-ring (bicyclic) bond motifs is 1. The normalized spacial score (nSPS) is 16.2. The minimum absolute atomic E-state index is 0.00483. The van der Waals surface area contributed by atoms with E-state index < -0.39 is 23.9 Å². The van der Waals surface area contributed by atoms with Crippen LogP contribution in [0.1, 0.15) is 55.2 Å². The third-order valence-corrected chi connectivity index (χ3v) is 8.21. The van der Waals surface area contributed by atoms with E-state index in [1.54, 1.807) is 4.90 Å². The number of ketones is 1. The fraction of sp³-hybridized carbons (Fsp3) is 0.412. The quantitative estimate of drug-likeness (QED) is 0.255. The Hall–Kier alpha value is -4.04. The van der Waals surface area contributed by atoms with E-state index in [1.165, 1.54) is 0 Å². The van der Waals surface area contributed by atoms with Crippen LogP contribution in [0, 0.1) is 12.8 Å². The lowest BCUT2D eigenvalue weighted by atomic mass is 9.91. The van der Waals surface area contributed by atoms with Crippen molar-refractivity contribution in [3.63, 3.8) is 0 Å². The summed E-state index contributed by atoms with van der Waals surface area (Å²) in [7, 11) is 0. The molecule has 0 bridgehead atoms. The van der Waals surface area contributed by atoms with Crippen LogP contribution in [0.25, 0.3) is 10.8 Å². The molecule has 1 saturated heterocycles. The highest BCUT2D eigenvalue weighted by Crippen LogP contribution is 2.26. The van der Waals surface area contributed by atoms with Crippen LogP contribution < -0.4 is 16.8 Å². The first-order valence-corrected chi connectivity index (χ1v) is 14.9. The van der Waals surface area contributed by atoms with Crippen LogP contribution in [0.5, 0.6) is 0 Å². The molecule has 0 aromatic heterocycles. The number of carbonyl (C=O) groups is 4. The largest absolute Gasteiger partial charge is 0.368 e. The summed E-state index contributed by atoms with van der Waals surface area (Å²) in [5, 5.41) is 4.91. The first-order chi connectivity index (χ1) is 20.3. The number of carbonyl (C=O) groups excluding carboxylic acids is 4. The van der Waals surface area contributed by atoms with Gasteiger partial charge in [0.1, 0.15) is 6.04 Å². The molecule has 1 fully saturated rings. The summed E-state index contributed by atoms with van der Waals surface area (Å²) < 4.78 is 0. The Kier molecular flexibility index (Phi) is 10.8. The molecule has 0 aliphatic carbocycles. The predicted octanol–water partition coefficient (Wildman–Crippen LogP) is 3.60. The zero-order valence-corrected chi connectivity index (χ0v) is 24.4. The summed E-state index contributed by atoms with van der Waals surface area (Å²) in [5.74, 6) is -1.85. The average molecular weight is 571 g/mol. The Labute approximate surface area is 247 Å². The minimum atomic E-state index is -0.891. The standard InChI is InChI=1S/C34H42N4O4/c1-23-14-16-24(17-15-23)20-29(33(36)41)37-34(42)27(9-4-5-18-35)21-31(39)30-13-7-19-38(30)32(40)22-26-11-6-10-25-8-2-3-12-28(25)26/h2-3,6,8,10-12,14-17,27,29-30H,4-5,7,9,13,18-22,35H2,1H3,(H2,36,41)(H,37,42)/t27-,29+,30+/m1/s1. The first-order valence-electron chi connectivity index (χ1n) is 14.9. The van der Waals surface area contributed by atoms with Gasteiger partial charge in [-0.2, -0.15) is 0 Å². The average Bonchev–Trinajstić information content (AvgIpc) is 3.48. The second-order valence-corrected chi connectivity index (χ2v) is 11.4. The van der Waals surface area contributed by atoms with Crippen LogP contribution in [0.2, 0.25) is 0 Å². The van der Waals surface area contributed by atoms with E-state index in [4.69, 9.17) is 11.5 Å². The highest BCUT2D eigenvalue weighted by molar-refractivity contribution is 5.95. The monoisotopic (exact) mass is 570 g/mol. The van der Waals surface area contributed by atoms with Gasteiger partial charge < -0.3 is 21.7 Å². The number of hydrogen-bond donors (Lipinski definition) is 3. The molecule has 0 radical (unpaired) electrons. The fourth-order valence-electron chi connectivity index (χ4n) is 5.82. The highest BCUT2D eigenvalue weighted by atomic mass is 16.2. The molecule has 3 amide bonds.